The van der Waals surface area contributed by atoms with Crippen molar-refractivity contribution in [3.05, 3.63) is 93.5 Å². The lowest BCUT2D eigenvalue weighted by Crippen LogP contribution is -2.54. The lowest BCUT2D eigenvalue weighted by atomic mass is 9.95. The fourth-order valence-electron chi connectivity index (χ4n) is 5.52. The first-order valence-electron chi connectivity index (χ1n) is 14.7. The SMILES string of the molecule is CCC(C(=O)NC1CCCCC1)N(Cc1ccc(Cl)cc1Cl)C(=O)CN(c1cc(C)ccc1C)S(=O)(=O)c1ccccc1. The molecule has 0 spiro atoms. The van der Waals surface area contributed by atoms with Gasteiger partial charge in [0.2, 0.25) is 11.8 Å². The summed E-state index contributed by atoms with van der Waals surface area (Å²) in [4.78, 5) is 29.6. The normalized spacial score (nSPS) is 14.6. The number of sulfonamides is 1. The van der Waals surface area contributed by atoms with Crippen LogP contribution < -0.4 is 9.62 Å². The summed E-state index contributed by atoms with van der Waals surface area (Å²) in [6.07, 6.45) is 5.38. The predicted octanol–water partition coefficient (Wildman–Crippen LogP) is 7.06. The van der Waals surface area contributed by atoms with Crippen molar-refractivity contribution in [2.24, 2.45) is 0 Å². The van der Waals surface area contributed by atoms with E-state index in [0.717, 1.165) is 42.0 Å². The maximum atomic E-state index is 14.4. The molecule has 43 heavy (non-hydrogen) atoms. The van der Waals surface area contributed by atoms with E-state index in [-0.39, 0.29) is 23.4 Å². The highest BCUT2D eigenvalue weighted by molar-refractivity contribution is 7.92. The van der Waals surface area contributed by atoms with Crippen molar-refractivity contribution in [3.63, 3.8) is 0 Å². The topological polar surface area (TPSA) is 86.8 Å². The molecule has 1 fully saturated rings. The summed E-state index contributed by atoms with van der Waals surface area (Å²) in [6.45, 7) is 5.04. The first-order chi connectivity index (χ1) is 20.5. The summed E-state index contributed by atoms with van der Waals surface area (Å²) in [7, 11) is -4.14. The number of nitrogens with zero attached hydrogens (tertiary/aromatic N) is 2. The van der Waals surface area contributed by atoms with Crippen LogP contribution in [0.2, 0.25) is 10.0 Å². The van der Waals surface area contributed by atoms with Crippen LogP contribution in [0.25, 0.3) is 0 Å². The third kappa shape index (κ3) is 8.11. The largest absolute Gasteiger partial charge is 0.352 e. The Morgan fingerprint density at radius 3 is 2.30 bits per heavy atom. The molecule has 0 radical (unpaired) electrons. The molecule has 230 valence electrons. The van der Waals surface area contributed by atoms with Gasteiger partial charge < -0.3 is 10.2 Å². The van der Waals surface area contributed by atoms with Crippen LogP contribution in [0.15, 0.2) is 71.6 Å². The third-order valence-electron chi connectivity index (χ3n) is 7.94. The molecule has 1 unspecified atom stereocenters. The number of aryl methyl sites for hydroxylation is 2. The highest BCUT2D eigenvalue weighted by atomic mass is 35.5. The van der Waals surface area contributed by atoms with Crippen molar-refractivity contribution in [3.8, 4) is 0 Å². The van der Waals surface area contributed by atoms with Crippen LogP contribution in [-0.4, -0.2) is 43.8 Å². The molecule has 1 saturated carbocycles. The monoisotopic (exact) mass is 643 g/mol. The number of carbonyl (C=O) groups excluding carboxylic acids is 2. The predicted molar refractivity (Wildman–Crippen MR) is 173 cm³/mol. The van der Waals surface area contributed by atoms with Crippen molar-refractivity contribution in [1.82, 2.24) is 10.2 Å². The molecule has 0 aliphatic heterocycles. The molecule has 3 aromatic carbocycles. The van der Waals surface area contributed by atoms with Gasteiger partial charge in [-0.2, -0.15) is 0 Å². The summed E-state index contributed by atoms with van der Waals surface area (Å²) in [5.74, 6) is -0.769. The minimum Gasteiger partial charge on any atom is -0.352 e. The molecule has 1 N–H and O–H groups in total. The zero-order chi connectivity index (χ0) is 31.1. The van der Waals surface area contributed by atoms with Crippen LogP contribution in [0.4, 0.5) is 5.69 Å². The van der Waals surface area contributed by atoms with E-state index in [1.807, 2.05) is 32.9 Å². The fourth-order valence-corrected chi connectivity index (χ4v) is 7.48. The Labute approximate surface area is 265 Å². The summed E-state index contributed by atoms with van der Waals surface area (Å²) >= 11 is 12.7. The molecule has 2 amide bonds. The molecule has 10 heteroatoms. The van der Waals surface area contributed by atoms with Gasteiger partial charge in [-0.05, 0) is 80.1 Å². The minimum atomic E-state index is -4.14. The van der Waals surface area contributed by atoms with Gasteiger partial charge in [-0.3, -0.25) is 13.9 Å². The molecule has 0 bridgehead atoms. The third-order valence-corrected chi connectivity index (χ3v) is 10.3. The van der Waals surface area contributed by atoms with E-state index in [1.54, 1.807) is 42.5 Å². The Hall–Kier alpha value is -3.07. The number of halogens is 2. The second kappa shape index (κ2) is 14.6. The second-order valence-electron chi connectivity index (χ2n) is 11.1. The van der Waals surface area contributed by atoms with Gasteiger partial charge in [-0.1, -0.05) is 85.8 Å². The highest BCUT2D eigenvalue weighted by Crippen LogP contribution is 2.30. The Morgan fingerprint density at radius 1 is 0.953 bits per heavy atom. The van der Waals surface area contributed by atoms with E-state index in [4.69, 9.17) is 23.2 Å². The van der Waals surface area contributed by atoms with Crippen LogP contribution in [0.1, 0.15) is 62.1 Å². The molecule has 1 aliphatic rings. The maximum Gasteiger partial charge on any atom is 0.264 e. The number of carbonyl (C=O) groups is 2. The average molecular weight is 645 g/mol. The van der Waals surface area contributed by atoms with Crippen LogP contribution in [0, 0.1) is 13.8 Å². The molecule has 0 saturated heterocycles. The van der Waals surface area contributed by atoms with Gasteiger partial charge in [-0.25, -0.2) is 8.42 Å². The van der Waals surface area contributed by atoms with Crippen molar-refractivity contribution < 1.29 is 18.0 Å². The molecule has 0 aromatic heterocycles. The zero-order valence-corrected chi connectivity index (χ0v) is 27.2. The van der Waals surface area contributed by atoms with E-state index in [2.05, 4.69) is 5.32 Å². The Balaban J connectivity index is 1.75. The van der Waals surface area contributed by atoms with Crippen LogP contribution >= 0.6 is 23.2 Å². The Morgan fingerprint density at radius 2 is 1.65 bits per heavy atom. The first kappa shape index (κ1) is 32.8. The van der Waals surface area contributed by atoms with E-state index >= 15 is 0 Å². The molecule has 1 atom stereocenters. The van der Waals surface area contributed by atoms with E-state index in [0.29, 0.717) is 33.3 Å². The van der Waals surface area contributed by atoms with Gasteiger partial charge in [-0.15, -0.1) is 0 Å². The van der Waals surface area contributed by atoms with Gasteiger partial charge in [0.05, 0.1) is 10.6 Å². The number of anilines is 1. The highest BCUT2D eigenvalue weighted by Gasteiger charge is 2.35. The number of hydrogen-bond donors (Lipinski definition) is 1. The first-order valence-corrected chi connectivity index (χ1v) is 16.9. The van der Waals surface area contributed by atoms with E-state index in [1.165, 1.54) is 17.0 Å². The van der Waals surface area contributed by atoms with Crippen LogP contribution in [0.3, 0.4) is 0 Å². The Kier molecular flexibility index (Phi) is 11.2. The van der Waals surface area contributed by atoms with Gasteiger partial charge in [0.1, 0.15) is 12.6 Å². The summed E-state index contributed by atoms with van der Waals surface area (Å²) in [5.41, 5.74) is 2.56. The van der Waals surface area contributed by atoms with Gasteiger partial charge in [0.25, 0.3) is 10.0 Å². The van der Waals surface area contributed by atoms with Crippen LogP contribution in [0.5, 0.6) is 0 Å². The number of nitrogens with one attached hydrogen (secondary N) is 1. The van der Waals surface area contributed by atoms with E-state index in [9.17, 15) is 18.0 Å². The molecule has 7 nitrogen and oxygen atoms in total. The minimum absolute atomic E-state index is 0.0114. The molecule has 1 aliphatic carbocycles. The smallest absolute Gasteiger partial charge is 0.264 e. The number of amides is 2. The van der Waals surface area contributed by atoms with Crippen molar-refractivity contribution in [1.29, 1.82) is 0 Å². The molecular weight excluding hydrogens is 605 g/mol. The molecule has 4 rings (SSSR count). The standard InChI is InChI=1S/C33H39Cl2N3O4S/c1-4-30(33(40)36-27-11-7-5-8-12-27)37(21-25-17-18-26(34)20-29(25)35)32(39)22-38(31-19-23(2)15-16-24(31)3)43(41,42)28-13-9-6-10-14-28/h6,9-10,13-20,27,30H,4-5,7-8,11-12,21-22H2,1-3H3,(H,36,40). The van der Waals surface area contributed by atoms with Crippen molar-refractivity contribution in [2.75, 3.05) is 10.8 Å². The van der Waals surface area contributed by atoms with Crippen LogP contribution in [-0.2, 0) is 26.2 Å². The lowest BCUT2D eigenvalue weighted by molar-refractivity contribution is -0.140. The molecule has 0 heterocycles. The van der Waals surface area contributed by atoms with Gasteiger partial charge in [0, 0.05) is 22.6 Å². The molecule has 3 aromatic rings. The number of rotatable bonds is 11. The van der Waals surface area contributed by atoms with Gasteiger partial charge in [0.15, 0.2) is 0 Å². The zero-order valence-electron chi connectivity index (χ0n) is 24.9. The molecular formula is C33H39Cl2N3O4S. The van der Waals surface area contributed by atoms with Gasteiger partial charge >= 0.3 is 0 Å². The average Bonchev–Trinajstić information content (AvgIpc) is 2.99. The summed E-state index contributed by atoms with van der Waals surface area (Å²) in [6, 6.07) is 17.7. The maximum absolute atomic E-state index is 14.4. The number of benzene rings is 3. The van der Waals surface area contributed by atoms with Crippen molar-refractivity contribution in [2.45, 2.75) is 82.8 Å². The summed E-state index contributed by atoms with van der Waals surface area (Å²) in [5, 5.41) is 3.96. The fraction of sp³-hybridized carbons (Fsp3) is 0.394. The summed E-state index contributed by atoms with van der Waals surface area (Å²) < 4.78 is 29.3. The van der Waals surface area contributed by atoms with Crippen molar-refractivity contribution >= 4 is 50.7 Å². The quantitative estimate of drug-likeness (QED) is 0.242. The van der Waals surface area contributed by atoms with E-state index < -0.39 is 28.5 Å². The lowest BCUT2D eigenvalue weighted by Gasteiger charge is -2.35. The number of hydrogen-bond acceptors (Lipinski definition) is 4. The Bertz CT molecular complexity index is 1540. The second-order valence-corrected chi connectivity index (χ2v) is 13.8.